The maximum Gasteiger partial charge on any atom is 0.325 e. The van der Waals surface area contributed by atoms with E-state index < -0.39 is 6.03 Å². The lowest BCUT2D eigenvalue weighted by molar-refractivity contribution is 0.251. The van der Waals surface area contributed by atoms with E-state index in [9.17, 15) is 4.79 Å². The van der Waals surface area contributed by atoms with E-state index in [1.807, 2.05) is 55.5 Å². The van der Waals surface area contributed by atoms with E-state index in [2.05, 4.69) is 4.98 Å². The third-order valence-electron chi connectivity index (χ3n) is 3.09. The molecule has 2 aromatic carbocycles. The first-order chi connectivity index (χ1) is 9.16. The summed E-state index contributed by atoms with van der Waals surface area (Å²) < 4.78 is 1.44. The zero-order valence-corrected chi connectivity index (χ0v) is 10.5. The molecule has 4 nitrogen and oxygen atoms in total. The maximum absolute atomic E-state index is 11.7. The van der Waals surface area contributed by atoms with Crippen LogP contribution in [0.15, 0.2) is 48.5 Å². The Labute approximate surface area is 110 Å². The monoisotopic (exact) mass is 251 g/mol. The lowest BCUT2D eigenvalue weighted by Gasteiger charge is -2.04. The number of imidazole rings is 1. The van der Waals surface area contributed by atoms with E-state index in [-0.39, 0.29) is 0 Å². The Kier molecular flexibility index (Phi) is 2.56. The maximum atomic E-state index is 11.7. The number of carbonyl (C=O) groups is 1. The first-order valence-corrected chi connectivity index (χ1v) is 6.01. The number of nitrogens with two attached hydrogens (primary N) is 1. The second kappa shape index (κ2) is 4.24. The summed E-state index contributed by atoms with van der Waals surface area (Å²) >= 11 is 0. The number of fused-ring (bicyclic) bond motifs is 1. The number of primary amides is 1. The molecule has 0 aliphatic rings. The fraction of sp³-hybridized carbons (Fsp3) is 0.0667. The quantitative estimate of drug-likeness (QED) is 0.722. The largest absolute Gasteiger partial charge is 0.351 e. The molecular weight excluding hydrogens is 238 g/mol. The summed E-state index contributed by atoms with van der Waals surface area (Å²) in [6, 6.07) is 14.8. The number of aryl methyl sites for hydroxylation is 1. The highest BCUT2D eigenvalue weighted by Gasteiger charge is 2.15. The summed E-state index contributed by atoms with van der Waals surface area (Å²) in [7, 11) is 0. The molecule has 0 atom stereocenters. The highest BCUT2D eigenvalue weighted by Crippen LogP contribution is 2.24. The van der Waals surface area contributed by atoms with Crippen LogP contribution in [0, 0.1) is 6.92 Å². The molecule has 0 aliphatic carbocycles. The van der Waals surface area contributed by atoms with Crippen LogP contribution in [-0.4, -0.2) is 15.6 Å². The molecule has 94 valence electrons. The predicted octanol–water partition coefficient (Wildman–Crippen LogP) is 2.94. The Bertz CT molecular complexity index is 757. The van der Waals surface area contributed by atoms with Crippen LogP contribution in [0.25, 0.3) is 22.4 Å². The number of para-hydroxylation sites is 2. The number of carbonyl (C=O) groups excluding carboxylic acids is 1. The van der Waals surface area contributed by atoms with Crippen LogP contribution in [0.5, 0.6) is 0 Å². The summed E-state index contributed by atoms with van der Waals surface area (Å²) in [5.41, 5.74) is 9.00. The molecule has 3 aromatic rings. The van der Waals surface area contributed by atoms with Crippen LogP contribution in [0.1, 0.15) is 5.56 Å². The molecule has 0 saturated heterocycles. The molecule has 19 heavy (non-hydrogen) atoms. The molecule has 2 N–H and O–H groups in total. The average molecular weight is 251 g/mol. The fourth-order valence-electron chi connectivity index (χ4n) is 2.15. The van der Waals surface area contributed by atoms with Gasteiger partial charge in [-0.2, -0.15) is 0 Å². The summed E-state index contributed by atoms with van der Waals surface area (Å²) in [5.74, 6) is 0.578. The number of hydrogen-bond donors (Lipinski definition) is 1. The summed E-state index contributed by atoms with van der Waals surface area (Å²) in [4.78, 5) is 16.2. The van der Waals surface area contributed by atoms with Gasteiger partial charge in [0.05, 0.1) is 11.0 Å². The van der Waals surface area contributed by atoms with Crippen molar-refractivity contribution in [1.29, 1.82) is 0 Å². The highest BCUT2D eigenvalue weighted by molar-refractivity contribution is 5.93. The third kappa shape index (κ3) is 1.87. The standard InChI is InChI=1S/C15H13N3O/c1-10-6-8-11(9-7-10)14-17-12-4-2-3-5-13(12)18(14)15(16)19/h2-9H,1H3,(H2,16,19). The van der Waals surface area contributed by atoms with Crippen molar-refractivity contribution in [2.24, 2.45) is 5.73 Å². The summed E-state index contributed by atoms with van der Waals surface area (Å²) in [6.45, 7) is 2.01. The molecule has 4 heteroatoms. The minimum Gasteiger partial charge on any atom is -0.351 e. The van der Waals surface area contributed by atoms with E-state index in [1.54, 1.807) is 0 Å². The van der Waals surface area contributed by atoms with Crippen molar-refractivity contribution in [3.8, 4) is 11.4 Å². The molecule has 1 heterocycles. The van der Waals surface area contributed by atoms with Crippen molar-refractivity contribution in [2.75, 3.05) is 0 Å². The lowest BCUT2D eigenvalue weighted by Crippen LogP contribution is -2.20. The number of benzene rings is 2. The molecule has 1 aromatic heterocycles. The van der Waals surface area contributed by atoms with Gasteiger partial charge in [0.15, 0.2) is 0 Å². The summed E-state index contributed by atoms with van der Waals surface area (Å²) in [6.07, 6.45) is 0. The zero-order chi connectivity index (χ0) is 13.4. The fourth-order valence-corrected chi connectivity index (χ4v) is 2.15. The first-order valence-electron chi connectivity index (χ1n) is 6.01. The van der Waals surface area contributed by atoms with Crippen molar-refractivity contribution in [2.45, 2.75) is 6.92 Å². The van der Waals surface area contributed by atoms with Crippen molar-refractivity contribution < 1.29 is 4.79 Å². The number of hydrogen-bond acceptors (Lipinski definition) is 2. The van der Waals surface area contributed by atoms with Gasteiger partial charge in [-0.15, -0.1) is 0 Å². The number of rotatable bonds is 1. The van der Waals surface area contributed by atoms with E-state index in [0.29, 0.717) is 5.82 Å². The minimum absolute atomic E-state index is 0.524. The molecule has 0 fully saturated rings. The summed E-state index contributed by atoms with van der Waals surface area (Å²) in [5, 5.41) is 0. The SMILES string of the molecule is Cc1ccc(-c2nc3ccccc3n2C(N)=O)cc1. The molecule has 0 unspecified atom stereocenters. The number of amides is 1. The average Bonchev–Trinajstić information content (AvgIpc) is 2.78. The van der Waals surface area contributed by atoms with Crippen molar-refractivity contribution in [3.63, 3.8) is 0 Å². The predicted molar refractivity (Wildman–Crippen MR) is 74.9 cm³/mol. The van der Waals surface area contributed by atoms with Gasteiger partial charge in [-0.05, 0) is 19.1 Å². The Balaban J connectivity index is 2.31. The molecule has 3 rings (SSSR count). The van der Waals surface area contributed by atoms with Crippen LogP contribution < -0.4 is 5.73 Å². The van der Waals surface area contributed by atoms with Crippen molar-refractivity contribution >= 4 is 17.1 Å². The van der Waals surface area contributed by atoms with Crippen LogP contribution in [0.3, 0.4) is 0 Å². The van der Waals surface area contributed by atoms with Gasteiger partial charge >= 0.3 is 6.03 Å². The van der Waals surface area contributed by atoms with Crippen LogP contribution in [0.4, 0.5) is 4.79 Å². The second-order valence-corrected chi connectivity index (χ2v) is 4.46. The van der Waals surface area contributed by atoms with Gasteiger partial charge in [-0.3, -0.25) is 0 Å². The minimum atomic E-state index is -0.524. The van der Waals surface area contributed by atoms with Gasteiger partial charge in [0.1, 0.15) is 5.82 Å². The molecule has 0 spiro atoms. The third-order valence-corrected chi connectivity index (χ3v) is 3.09. The van der Waals surface area contributed by atoms with Gasteiger partial charge in [0.2, 0.25) is 0 Å². The Morgan fingerprint density at radius 3 is 2.47 bits per heavy atom. The van der Waals surface area contributed by atoms with Crippen LogP contribution >= 0.6 is 0 Å². The van der Waals surface area contributed by atoms with Crippen molar-refractivity contribution in [1.82, 2.24) is 9.55 Å². The highest BCUT2D eigenvalue weighted by atomic mass is 16.2. The zero-order valence-electron chi connectivity index (χ0n) is 10.5. The Morgan fingerprint density at radius 1 is 1.11 bits per heavy atom. The Hall–Kier alpha value is -2.62. The number of aromatic nitrogens is 2. The van der Waals surface area contributed by atoms with Gasteiger partial charge < -0.3 is 5.73 Å². The molecule has 0 aliphatic heterocycles. The molecule has 0 saturated carbocycles. The molecule has 1 amide bonds. The van der Waals surface area contributed by atoms with E-state index >= 15 is 0 Å². The van der Waals surface area contributed by atoms with Crippen molar-refractivity contribution in [3.05, 3.63) is 54.1 Å². The molecule has 0 bridgehead atoms. The van der Waals surface area contributed by atoms with E-state index in [4.69, 9.17) is 5.73 Å². The lowest BCUT2D eigenvalue weighted by atomic mass is 10.1. The van der Waals surface area contributed by atoms with Crippen LogP contribution in [-0.2, 0) is 0 Å². The van der Waals surface area contributed by atoms with Gasteiger partial charge in [-0.1, -0.05) is 42.0 Å². The number of nitrogens with zero attached hydrogens (tertiary/aromatic N) is 2. The second-order valence-electron chi connectivity index (χ2n) is 4.46. The van der Waals surface area contributed by atoms with Gasteiger partial charge in [0, 0.05) is 5.56 Å². The molecular formula is C15H13N3O. The van der Waals surface area contributed by atoms with Crippen LogP contribution in [0.2, 0.25) is 0 Å². The molecule has 0 radical (unpaired) electrons. The normalized spacial score (nSPS) is 10.8. The van der Waals surface area contributed by atoms with E-state index in [1.165, 1.54) is 4.57 Å². The van der Waals surface area contributed by atoms with Gasteiger partial charge in [-0.25, -0.2) is 14.3 Å². The Morgan fingerprint density at radius 2 is 1.79 bits per heavy atom. The smallest absolute Gasteiger partial charge is 0.325 e. The topological polar surface area (TPSA) is 60.9 Å². The van der Waals surface area contributed by atoms with E-state index in [0.717, 1.165) is 22.2 Å². The van der Waals surface area contributed by atoms with Gasteiger partial charge in [0.25, 0.3) is 0 Å². The first kappa shape index (κ1) is 11.5.